The van der Waals surface area contributed by atoms with E-state index in [-0.39, 0.29) is 12.4 Å². The molecule has 0 radical (unpaired) electrons. The average molecular weight is 452 g/mol. The summed E-state index contributed by atoms with van der Waals surface area (Å²) in [6.07, 6.45) is 9.99. The van der Waals surface area contributed by atoms with Crippen LogP contribution >= 0.6 is 0 Å². The number of hydrogen-bond donors (Lipinski definition) is 2. The van der Waals surface area contributed by atoms with Crippen LogP contribution in [0, 0.1) is 0 Å². The van der Waals surface area contributed by atoms with Gasteiger partial charge in [-0.15, -0.1) is 0 Å². The Bertz CT molecular complexity index is 973. The number of aryl methyl sites for hydroxylation is 2. The van der Waals surface area contributed by atoms with Gasteiger partial charge in [0.1, 0.15) is 5.82 Å². The number of aromatic nitrogens is 2. The monoisotopic (exact) mass is 451 g/mol. The van der Waals surface area contributed by atoms with E-state index in [0.717, 1.165) is 61.4 Å². The standard InChI is InChI=1S/C25H33N5O3/c1-3-33-24(31)16-22(19-10-12-23(32-2)29-17-19)27-15-13-20(26)7-4-8-21-11-9-18-6-5-14-28-25(18)30-21/h9-13,15,17,22H,3-8,14,16,26H2,1-2H3,(H,28,30). The van der Waals surface area contributed by atoms with Crippen molar-refractivity contribution in [1.29, 1.82) is 0 Å². The molecular weight excluding hydrogens is 418 g/mol. The van der Waals surface area contributed by atoms with E-state index in [2.05, 4.69) is 27.4 Å². The number of nitrogens with two attached hydrogens (primary N) is 1. The van der Waals surface area contributed by atoms with Crippen LogP contribution in [0.1, 0.15) is 55.5 Å². The molecule has 0 bridgehead atoms. The molecule has 0 aliphatic carbocycles. The van der Waals surface area contributed by atoms with Gasteiger partial charge in [-0.1, -0.05) is 6.07 Å². The van der Waals surface area contributed by atoms with Crippen LogP contribution in [0.2, 0.25) is 0 Å². The van der Waals surface area contributed by atoms with E-state index >= 15 is 0 Å². The highest BCUT2D eigenvalue weighted by atomic mass is 16.5. The summed E-state index contributed by atoms with van der Waals surface area (Å²) < 4.78 is 10.2. The number of carbonyl (C=O) groups excluding carboxylic acids is 1. The molecule has 1 atom stereocenters. The number of anilines is 1. The number of rotatable bonds is 11. The highest BCUT2D eigenvalue weighted by molar-refractivity contribution is 5.74. The predicted molar refractivity (Wildman–Crippen MR) is 130 cm³/mol. The van der Waals surface area contributed by atoms with Crippen LogP contribution in [0.5, 0.6) is 5.88 Å². The first-order valence-electron chi connectivity index (χ1n) is 11.4. The summed E-state index contributed by atoms with van der Waals surface area (Å²) in [4.78, 5) is 25.5. The molecule has 0 fully saturated rings. The zero-order valence-electron chi connectivity index (χ0n) is 19.4. The third kappa shape index (κ3) is 7.59. The number of ether oxygens (including phenoxy) is 2. The molecule has 0 amide bonds. The molecule has 3 N–H and O–H groups in total. The van der Waals surface area contributed by atoms with Crippen molar-refractivity contribution in [1.82, 2.24) is 9.97 Å². The second kappa shape index (κ2) is 12.6. The molecule has 2 aromatic rings. The predicted octanol–water partition coefficient (Wildman–Crippen LogP) is 3.77. The highest BCUT2D eigenvalue weighted by Crippen LogP contribution is 2.23. The maximum absolute atomic E-state index is 12.0. The molecular formula is C25H33N5O3. The van der Waals surface area contributed by atoms with Gasteiger partial charge in [-0.05, 0) is 68.4 Å². The van der Waals surface area contributed by atoms with E-state index in [1.54, 1.807) is 38.6 Å². The van der Waals surface area contributed by atoms with E-state index in [1.165, 1.54) is 5.56 Å². The van der Waals surface area contributed by atoms with Crippen molar-refractivity contribution in [3.05, 3.63) is 59.1 Å². The van der Waals surface area contributed by atoms with E-state index in [1.807, 2.05) is 6.07 Å². The van der Waals surface area contributed by atoms with Crippen molar-refractivity contribution in [2.45, 2.75) is 51.5 Å². The highest BCUT2D eigenvalue weighted by Gasteiger charge is 2.16. The molecule has 1 unspecified atom stereocenters. The van der Waals surface area contributed by atoms with Gasteiger partial charge >= 0.3 is 5.97 Å². The minimum absolute atomic E-state index is 0.129. The van der Waals surface area contributed by atoms with E-state index in [9.17, 15) is 4.79 Å². The van der Waals surface area contributed by atoms with Crippen molar-refractivity contribution in [2.24, 2.45) is 10.7 Å². The Hall–Kier alpha value is -3.42. The normalized spacial score (nSPS) is 14.4. The van der Waals surface area contributed by atoms with Gasteiger partial charge in [0, 0.05) is 36.4 Å². The van der Waals surface area contributed by atoms with Crippen LogP contribution in [0.25, 0.3) is 0 Å². The second-order valence-corrected chi connectivity index (χ2v) is 7.89. The number of methoxy groups -OCH3 is 1. The molecule has 8 nitrogen and oxygen atoms in total. The lowest BCUT2D eigenvalue weighted by Crippen LogP contribution is -2.14. The van der Waals surface area contributed by atoms with Gasteiger partial charge in [0.2, 0.25) is 5.88 Å². The van der Waals surface area contributed by atoms with Gasteiger partial charge in [0.25, 0.3) is 0 Å². The largest absolute Gasteiger partial charge is 0.481 e. The zero-order chi connectivity index (χ0) is 23.5. The van der Waals surface area contributed by atoms with Crippen LogP contribution < -0.4 is 15.8 Å². The summed E-state index contributed by atoms with van der Waals surface area (Å²) in [5.74, 6) is 1.22. The molecule has 0 aromatic carbocycles. The fourth-order valence-electron chi connectivity index (χ4n) is 3.65. The molecule has 3 heterocycles. The first kappa shape index (κ1) is 24.2. The lowest BCUT2D eigenvalue weighted by molar-refractivity contribution is -0.143. The Morgan fingerprint density at radius 1 is 1.33 bits per heavy atom. The molecule has 2 aromatic heterocycles. The van der Waals surface area contributed by atoms with Gasteiger partial charge in [-0.3, -0.25) is 9.79 Å². The van der Waals surface area contributed by atoms with Crippen molar-refractivity contribution < 1.29 is 14.3 Å². The third-order valence-corrected chi connectivity index (χ3v) is 5.42. The summed E-state index contributed by atoms with van der Waals surface area (Å²) in [7, 11) is 1.56. The Kier molecular flexibility index (Phi) is 9.23. The Morgan fingerprint density at radius 3 is 2.97 bits per heavy atom. The minimum atomic E-state index is -0.404. The number of carbonyl (C=O) groups is 1. The maximum Gasteiger partial charge on any atom is 0.308 e. The molecule has 1 aliphatic rings. The van der Waals surface area contributed by atoms with Crippen LogP contribution in [0.3, 0.4) is 0 Å². The van der Waals surface area contributed by atoms with Crippen molar-refractivity contribution in [2.75, 3.05) is 25.6 Å². The number of nitrogens with zero attached hydrogens (tertiary/aromatic N) is 3. The number of aliphatic imine (C=N–C) groups is 1. The molecule has 176 valence electrons. The van der Waals surface area contributed by atoms with Crippen molar-refractivity contribution in [3.8, 4) is 5.88 Å². The fourth-order valence-corrected chi connectivity index (χ4v) is 3.65. The Balaban J connectivity index is 1.56. The van der Waals surface area contributed by atoms with Crippen LogP contribution in [0.15, 0.2) is 47.2 Å². The molecule has 1 aliphatic heterocycles. The molecule has 8 heteroatoms. The second-order valence-electron chi connectivity index (χ2n) is 7.89. The SMILES string of the molecule is CCOC(=O)CC(N=CC=C(N)CCCc1ccc2c(n1)NCCC2)c1ccc(OC)nc1. The number of hydrogen-bond acceptors (Lipinski definition) is 8. The van der Waals surface area contributed by atoms with Gasteiger partial charge in [-0.2, -0.15) is 0 Å². The number of nitrogens with one attached hydrogen (secondary N) is 1. The molecule has 3 rings (SSSR count). The summed E-state index contributed by atoms with van der Waals surface area (Å²) >= 11 is 0. The van der Waals surface area contributed by atoms with Crippen molar-refractivity contribution >= 4 is 18.0 Å². The maximum atomic E-state index is 12.0. The van der Waals surface area contributed by atoms with E-state index < -0.39 is 6.04 Å². The number of esters is 1. The lowest BCUT2D eigenvalue weighted by atomic mass is 10.1. The zero-order valence-corrected chi connectivity index (χ0v) is 19.4. The Labute approximate surface area is 195 Å². The summed E-state index contributed by atoms with van der Waals surface area (Å²) in [5.41, 5.74) is 10.1. The number of pyridine rings is 2. The minimum Gasteiger partial charge on any atom is -0.481 e. The molecule has 33 heavy (non-hydrogen) atoms. The first-order chi connectivity index (χ1) is 16.1. The van der Waals surface area contributed by atoms with Gasteiger partial charge < -0.3 is 20.5 Å². The molecule has 0 saturated carbocycles. The summed E-state index contributed by atoms with van der Waals surface area (Å²) in [6.45, 7) is 3.10. The van der Waals surface area contributed by atoms with E-state index in [4.69, 9.17) is 20.2 Å². The Morgan fingerprint density at radius 2 is 2.21 bits per heavy atom. The summed E-state index contributed by atoms with van der Waals surface area (Å²) in [5, 5.41) is 3.37. The van der Waals surface area contributed by atoms with Gasteiger partial charge in [-0.25, -0.2) is 9.97 Å². The topological polar surface area (TPSA) is 112 Å². The molecule has 0 saturated heterocycles. The number of fused-ring (bicyclic) bond motifs is 1. The third-order valence-electron chi connectivity index (χ3n) is 5.42. The van der Waals surface area contributed by atoms with Crippen LogP contribution in [-0.4, -0.2) is 42.4 Å². The van der Waals surface area contributed by atoms with Gasteiger partial charge in [0.05, 0.1) is 26.2 Å². The smallest absolute Gasteiger partial charge is 0.308 e. The van der Waals surface area contributed by atoms with Crippen LogP contribution in [0.4, 0.5) is 5.82 Å². The van der Waals surface area contributed by atoms with Crippen LogP contribution in [-0.2, 0) is 22.4 Å². The van der Waals surface area contributed by atoms with Gasteiger partial charge in [0.15, 0.2) is 0 Å². The summed E-state index contributed by atoms with van der Waals surface area (Å²) in [6, 6.07) is 7.47. The molecule has 0 spiro atoms. The lowest BCUT2D eigenvalue weighted by Gasteiger charge is -2.17. The average Bonchev–Trinajstić information content (AvgIpc) is 2.83. The quantitative estimate of drug-likeness (QED) is 0.395. The van der Waals surface area contributed by atoms with Crippen molar-refractivity contribution in [3.63, 3.8) is 0 Å². The van der Waals surface area contributed by atoms with E-state index in [0.29, 0.717) is 12.5 Å². The first-order valence-corrected chi connectivity index (χ1v) is 11.4. The fraction of sp³-hybridized carbons (Fsp3) is 0.440. The number of allylic oxidation sites excluding steroid dienone is 2.